The SMILES string of the molecule is CC1CN(CC(=O)c2ccc(I)cc2)CC(C)O1. The van der Waals surface area contributed by atoms with Crippen LogP contribution in [-0.2, 0) is 4.74 Å². The maximum Gasteiger partial charge on any atom is 0.176 e. The van der Waals surface area contributed by atoms with Gasteiger partial charge in [-0.05, 0) is 48.6 Å². The first kappa shape index (κ1) is 14.0. The largest absolute Gasteiger partial charge is 0.373 e. The first-order chi connectivity index (χ1) is 8.54. The van der Waals surface area contributed by atoms with Crippen LogP contribution in [0.15, 0.2) is 24.3 Å². The number of Topliss-reactive ketones (excluding diaryl/α,β-unsaturated/α-hetero) is 1. The molecule has 1 saturated heterocycles. The van der Waals surface area contributed by atoms with Crippen LogP contribution in [0.25, 0.3) is 0 Å². The molecule has 98 valence electrons. The number of hydrogen-bond acceptors (Lipinski definition) is 3. The summed E-state index contributed by atoms with van der Waals surface area (Å²) in [5, 5.41) is 0. The van der Waals surface area contributed by atoms with Crippen LogP contribution in [-0.4, -0.2) is 42.5 Å². The van der Waals surface area contributed by atoms with Crippen molar-refractivity contribution in [3.63, 3.8) is 0 Å². The fourth-order valence-electron chi connectivity index (χ4n) is 2.34. The van der Waals surface area contributed by atoms with Gasteiger partial charge in [0.15, 0.2) is 5.78 Å². The Bertz CT molecular complexity index is 408. The molecule has 2 atom stereocenters. The highest BCUT2D eigenvalue weighted by Gasteiger charge is 2.23. The first-order valence-corrected chi connectivity index (χ1v) is 7.29. The van der Waals surface area contributed by atoms with E-state index in [2.05, 4.69) is 41.3 Å². The van der Waals surface area contributed by atoms with Crippen LogP contribution in [0.2, 0.25) is 0 Å². The molecular weight excluding hydrogens is 341 g/mol. The number of carbonyl (C=O) groups is 1. The minimum absolute atomic E-state index is 0.188. The average Bonchev–Trinajstić information content (AvgIpc) is 2.28. The highest BCUT2D eigenvalue weighted by atomic mass is 127. The van der Waals surface area contributed by atoms with Crippen LogP contribution in [0.4, 0.5) is 0 Å². The van der Waals surface area contributed by atoms with Gasteiger partial charge in [0, 0.05) is 22.2 Å². The zero-order valence-corrected chi connectivity index (χ0v) is 12.9. The molecule has 1 aliphatic heterocycles. The van der Waals surface area contributed by atoms with Gasteiger partial charge in [-0.2, -0.15) is 0 Å². The molecule has 1 aromatic carbocycles. The highest BCUT2D eigenvalue weighted by Crippen LogP contribution is 2.12. The van der Waals surface area contributed by atoms with Gasteiger partial charge in [0.25, 0.3) is 0 Å². The van der Waals surface area contributed by atoms with Crippen molar-refractivity contribution in [3.8, 4) is 0 Å². The van der Waals surface area contributed by atoms with E-state index in [1.54, 1.807) is 0 Å². The van der Waals surface area contributed by atoms with E-state index in [0.717, 1.165) is 22.2 Å². The molecule has 0 bridgehead atoms. The van der Waals surface area contributed by atoms with Crippen molar-refractivity contribution >= 4 is 28.4 Å². The number of morpholine rings is 1. The number of ether oxygens (including phenoxy) is 1. The van der Waals surface area contributed by atoms with E-state index in [1.807, 2.05) is 24.3 Å². The molecule has 3 nitrogen and oxygen atoms in total. The number of halogens is 1. The molecule has 0 amide bonds. The van der Waals surface area contributed by atoms with Crippen molar-refractivity contribution in [2.75, 3.05) is 19.6 Å². The molecule has 0 aromatic heterocycles. The second kappa shape index (κ2) is 6.12. The van der Waals surface area contributed by atoms with E-state index >= 15 is 0 Å². The third-order valence-electron chi connectivity index (χ3n) is 3.03. The van der Waals surface area contributed by atoms with Crippen LogP contribution in [0.3, 0.4) is 0 Å². The van der Waals surface area contributed by atoms with Gasteiger partial charge in [-0.1, -0.05) is 12.1 Å². The van der Waals surface area contributed by atoms with Crippen molar-refractivity contribution < 1.29 is 9.53 Å². The molecule has 0 N–H and O–H groups in total. The summed E-state index contributed by atoms with van der Waals surface area (Å²) in [5.41, 5.74) is 0.794. The third kappa shape index (κ3) is 3.76. The second-order valence-corrected chi connectivity index (χ2v) is 6.13. The van der Waals surface area contributed by atoms with Gasteiger partial charge < -0.3 is 4.74 Å². The summed E-state index contributed by atoms with van der Waals surface area (Å²) < 4.78 is 6.82. The third-order valence-corrected chi connectivity index (χ3v) is 3.75. The van der Waals surface area contributed by atoms with Gasteiger partial charge in [0.05, 0.1) is 18.8 Å². The molecule has 18 heavy (non-hydrogen) atoms. The maximum absolute atomic E-state index is 12.2. The number of nitrogens with zero attached hydrogens (tertiary/aromatic N) is 1. The summed E-state index contributed by atoms with van der Waals surface area (Å²) in [7, 11) is 0. The number of benzene rings is 1. The van der Waals surface area contributed by atoms with Gasteiger partial charge in [-0.25, -0.2) is 0 Å². The number of ketones is 1. The van der Waals surface area contributed by atoms with Crippen LogP contribution >= 0.6 is 22.6 Å². The van der Waals surface area contributed by atoms with E-state index in [1.165, 1.54) is 0 Å². The van der Waals surface area contributed by atoms with E-state index in [9.17, 15) is 4.79 Å². The molecule has 0 radical (unpaired) electrons. The highest BCUT2D eigenvalue weighted by molar-refractivity contribution is 14.1. The van der Waals surface area contributed by atoms with Crippen molar-refractivity contribution in [1.29, 1.82) is 0 Å². The summed E-state index contributed by atoms with van der Waals surface area (Å²) in [6.45, 7) is 6.26. The molecule has 1 fully saturated rings. The molecule has 1 heterocycles. The fraction of sp³-hybridized carbons (Fsp3) is 0.500. The molecule has 1 aromatic rings. The van der Waals surface area contributed by atoms with E-state index in [-0.39, 0.29) is 18.0 Å². The fourth-order valence-corrected chi connectivity index (χ4v) is 2.70. The van der Waals surface area contributed by atoms with Crippen LogP contribution in [0, 0.1) is 3.57 Å². The van der Waals surface area contributed by atoms with Crippen molar-refractivity contribution in [2.24, 2.45) is 0 Å². The smallest absolute Gasteiger partial charge is 0.176 e. The van der Waals surface area contributed by atoms with Crippen LogP contribution in [0.1, 0.15) is 24.2 Å². The molecule has 1 aliphatic rings. The molecule has 2 unspecified atom stereocenters. The van der Waals surface area contributed by atoms with Gasteiger partial charge in [0.2, 0.25) is 0 Å². The van der Waals surface area contributed by atoms with E-state index in [4.69, 9.17) is 4.74 Å². The second-order valence-electron chi connectivity index (χ2n) is 4.88. The number of hydrogen-bond donors (Lipinski definition) is 0. The Morgan fingerprint density at radius 2 is 1.83 bits per heavy atom. The van der Waals surface area contributed by atoms with Crippen molar-refractivity contribution in [1.82, 2.24) is 4.90 Å². The number of carbonyl (C=O) groups excluding carboxylic acids is 1. The Morgan fingerprint density at radius 3 is 2.39 bits per heavy atom. The monoisotopic (exact) mass is 359 g/mol. The Kier molecular flexibility index (Phi) is 4.75. The topological polar surface area (TPSA) is 29.5 Å². The Hall–Kier alpha value is -0.460. The van der Waals surface area contributed by atoms with Crippen molar-refractivity contribution in [2.45, 2.75) is 26.1 Å². The quantitative estimate of drug-likeness (QED) is 0.614. The molecule has 0 aliphatic carbocycles. The lowest BCUT2D eigenvalue weighted by atomic mass is 10.1. The lowest BCUT2D eigenvalue weighted by Crippen LogP contribution is -2.47. The molecular formula is C14H18INO2. The zero-order valence-electron chi connectivity index (χ0n) is 10.7. The minimum Gasteiger partial charge on any atom is -0.373 e. The molecule has 0 saturated carbocycles. The standard InChI is InChI=1S/C14H18INO2/c1-10-7-16(8-11(2)18-10)9-14(17)12-3-5-13(15)6-4-12/h3-6,10-11H,7-9H2,1-2H3. The minimum atomic E-state index is 0.188. The van der Waals surface area contributed by atoms with Crippen LogP contribution < -0.4 is 0 Å². The van der Waals surface area contributed by atoms with E-state index in [0.29, 0.717) is 6.54 Å². The molecule has 2 rings (SSSR count). The first-order valence-electron chi connectivity index (χ1n) is 6.21. The summed E-state index contributed by atoms with van der Waals surface area (Å²) in [6, 6.07) is 7.74. The van der Waals surface area contributed by atoms with Gasteiger partial charge in [0.1, 0.15) is 0 Å². The average molecular weight is 359 g/mol. The number of rotatable bonds is 3. The summed E-state index contributed by atoms with van der Waals surface area (Å²) in [5.74, 6) is 0.188. The molecule has 0 spiro atoms. The van der Waals surface area contributed by atoms with Gasteiger partial charge in [-0.3, -0.25) is 9.69 Å². The normalized spacial score (nSPS) is 25.1. The van der Waals surface area contributed by atoms with Gasteiger partial charge >= 0.3 is 0 Å². The predicted molar refractivity (Wildman–Crippen MR) is 79.9 cm³/mol. The molecule has 4 heteroatoms. The lowest BCUT2D eigenvalue weighted by Gasteiger charge is -2.34. The van der Waals surface area contributed by atoms with Crippen LogP contribution in [0.5, 0.6) is 0 Å². The summed E-state index contributed by atoms with van der Waals surface area (Å²) in [6.07, 6.45) is 0.413. The zero-order chi connectivity index (χ0) is 13.1. The summed E-state index contributed by atoms with van der Waals surface area (Å²) in [4.78, 5) is 14.3. The summed E-state index contributed by atoms with van der Waals surface area (Å²) >= 11 is 2.24. The van der Waals surface area contributed by atoms with E-state index < -0.39 is 0 Å². The Balaban J connectivity index is 1.96. The lowest BCUT2D eigenvalue weighted by molar-refractivity contribution is -0.0652. The Labute approximate surface area is 122 Å². The predicted octanol–water partition coefficient (Wildman–Crippen LogP) is 2.58. The maximum atomic E-state index is 12.2. The Morgan fingerprint density at radius 1 is 1.28 bits per heavy atom. The van der Waals surface area contributed by atoms with Crippen molar-refractivity contribution in [3.05, 3.63) is 33.4 Å². The van der Waals surface area contributed by atoms with Gasteiger partial charge in [-0.15, -0.1) is 0 Å².